The summed E-state index contributed by atoms with van der Waals surface area (Å²) in [5, 5.41) is 4.22. The third-order valence-corrected chi connectivity index (χ3v) is 3.40. The maximum atomic E-state index is 5.69. The van der Waals surface area contributed by atoms with Crippen molar-refractivity contribution in [3.05, 3.63) is 54.1 Å². The molecule has 23 heavy (non-hydrogen) atoms. The molecule has 5 heteroatoms. The first-order chi connectivity index (χ1) is 11.3. The van der Waals surface area contributed by atoms with Crippen molar-refractivity contribution in [3.63, 3.8) is 0 Å². The predicted octanol–water partition coefficient (Wildman–Crippen LogP) is 4.19. The Labute approximate surface area is 135 Å². The van der Waals surface area contributed by atoms with E-state index in [4.69, 9.17) is 4.74 Å². The minimum absolute atomic E-state index is 0.623. The fraction of sp³-hybridized carbons (Fsp3) is 0.222. The van der Waals surface area contributed by atoms with Gasteiger partial charge in [0.2, 0.25) is 5.95 Å². The molecule has 0 bridgehead atoms. The Morgan fingerprint density at radius 3 is 3.00 bits per heavy atom. The van der Waals surface area contributed by atoms with Crippen LogP contribution in [0, 0.1) is 0 Å². The number of ether oxygens (including phenoxy) is 1. The van der Waals surface area contributed by atoms with Crippen LogP contribution in [0.15, 0.2) is 53.6 Å². The molecule has 0 atom stereocenters. The minimum Gasteiger partial charge on any atom is -0.494 e. The summed E-state index contributed by atoms with van der Waals surface area (Å²) >= 11 is 0. The van der Waals surface area contributed by atoms with Gasteiger partial charge in [-0.05, 0) is 36.2 Å². The van der Waals surface area contributed by atoms with E-state index in [1.54, 1.807) is 6.21 Å². The average molecular weight is 308 g/mol. The van der Waals surface area contributed by atoms with Gasteiger partial charge in [-0.25, -0.2) is 10.4 Å². The van der Waals surface area contributed by atoms with Gasteiger partial charge in [0, 0.05) is 0 Å². The lowest BCUT2D eigenvalue weighted by Crippen LogP contribution is -1.97. The van der Waals surface area contributed by atoms with Crippen molar-refractivity contribution in [2.45, 2.75) is 19.8 Å². The summed E-state index contributed by atoms with van der Waals surface area (Å²) in [5.74, 6) is 1.49. The van der Waals surface area contributed by atoms with Gasteiger partial charge in [-0.15, -0.1) is 0 Å². The number of fused-ring (bicyclic) bond motifs is 1. The molecule has 0 fully saturated rings. The Kier molecular flexibility index (Phi) is 4.88. The molecule has 118 valence electrons. The van der Waals surface area contributed by atoms with E-state index in [9.17, 15) is 0 Å². The highest BCUT2D eigenvalue weighted by Gasteiger charge is 1.99. The maximum absolute atomic E-state index is 5.69. The molecule has 0 aliphatic carbocycles. The number of anilines is 1. The Balaban J connectivity index is 1.62. The average Bonchev–Trinajstić information content (AvgIpc) is 2.98. The first kappa shape index (κ1) is 15.1. The number of nitrogens with one attached hydrogen (secondary N) is 2. The highest BCUT2D eigenvalue weighted by atomic mass is 16.5. The van der Waals surface area contributed by atoms with E-state index >= 15 is 0 Å². The molecule has 0 saturated carbocycles. The quantitative estimate of drug-likeness (QED) is 0.391. The molecule has 0 saturated heterocycles. The molecular weight excluding hydrogens is 288 g/mol. The van der Waals surface area contributed by atoms with Crippen molar-refractivity contribution in [2.24, 2.45) is 5.10 Å². The smallest absolute Gasteiger partial charge is 0.222 e. The van der Waals surface area contributed by atoms with Crippen molar-refractivity contribution in [3.8, 4) is 5.75 Å². The van der Waals surface area contributed by atoms with Gasteiger partial charge in [0.25, 0.3) is 0 Å². The third-order valence-electron chi connectivity index (χ3n) is 3.40. The number of unbranched alkanes of at least 4 members (excludes halogenated alkanes) is 1. The van der Waals surface area contributed by atoms with Crippen LogP contribution in [0.1, 0.15) is 25.3 Å². The largest absolute Gasteiger partial charge is 0.494 e. The van der Waals surface area contributed by atoms with Gasteiger partial charge < -0.3 is 9.72 Å². The van der Waals surface area contributed by atoms with Crippen LogP contribution in [-0.4, -0.2) is 22.8 Å². The number of imidazole rings is 1. The van der Waals surface area contributed by atoms with E-state index < -0.39 is 0 Å². The highest BCUT2D eigenvalue weighted by Crippen LogP contribution is 2.14. The van der Waals surface area contributed by atoms with E-state index in [1.807, 2.05) is 48.5 Å². The molecule has 5 nitrogen and oxygen atoms in total. The summed E-state index contributed by atoms with van der Waals surface area (Å²) < 4.78 is 5.69. The number of para-hydroxylation sites is 2. The number of aromatic nitrogens is 2. The summed E-state index contributed by atoms with van der Waals surface area (Å²) in [6, 6.07) is 15.7. The number of benzene rings is 2. The van der Waals surface area contributed by atoms with Gasteiger partial charge in [0.05, 0.1) is 23.9 Å². The molecule has 2 aromatic carbocycles. The van der Waals surface area contributed by atoms with Gasteiger partial charge >= 0.3 is 0 Å². The van der Waals surface area contributed by atoms with Gasteiger partial charge in [-0.1, -0.05) is 37.6 Å². The van der Waals surface area contributed by atoms with Crippen LogP contribution in [-0.2, 0) is 0 Å². The fourth-order valence-corrected chi connectivity index (χ4v) is 2.19. The summed E-state index contributed by atoms with van der Waals surface area (Å²) in [7, 11) is 0. The Bertz CT molecular complexity index is 761. The molecule has 0 aliphatic heterocycles. The van der Waals surface area contributed by atoms with E-state index in [0.29, 0.717) is 5.95 Å². The summed E-state index contributed by atoms with van der Waals surface area (Å²) in [5.41, 5.74) is 5.79. The molecule has 0 aliphatic rings. The summed E-state index contributed by atoms with van der Waals surface area (Å²) in [6.45, 7) is 2.89. The van der Waals surface area contributed by atoms with Gasteiger partial charge in [0.1, 0.15) is 5.75 Å². The molecule has 1 aromatic heterocycles. The Hall–Kier alpha value is -2.82. The van der Waals surface area contributed by atoms with Crippen molar-refractivity contribution < 1.29 is 4.74 Å². The van der Waals surface area contributed by atoms with Crippen molar-refractivity contribution in [1.82, 2.24) is 9.97 Å². The third kappa shape index (κ3) is 4.10. The second kappa shape index (κ2) is 7.45. The second-order valence-corrected chi connectivity index (χ2v) is 5.25. The summed E-state index contributed by atoms with van der Waals surface area (Å²) in [4.78, 5) is 7.57. The van der Waals surface area contributed by atoms with Crippen LogP contribution in [0.5, 0.6) is 5.75 Å². The molecule has 1 heterocycles. The topological polar surface area (TPSA) is 62.3 Å². The predicted molar refractivity (Wildman–Crippen MR) is 94.2 cm³/mol. The lowest BCUT2D eigenvalue weighted by molar-refractivity contribution is 0.309. The van der Waals surface area contributed by atoms with Crippen LogP contribution in [0.4, 0.5) is 5.95 Å². The second-order valence-electron chi connectivity index (χ2n) is 5.25. The van der Waals surface area contributed by atoms with E-state index in [0.717, 1.165) is 41.8 Å². The highest BCUT2D eigenvalue weighted by molar-refractivity contribution is 5.81. The van der Waals surface area contributed by atoms with Crippen LogP contribution in [0.25, 0.3) is 11.0 Å². The van der Waals surface area contributed by atoms with Gasteiger partial charge in [0.15, 0.2) is 0 Å². The Morgan fingerprint density at radius 1 is 1.22 bits per heavy atom. The van der Waals surface area contributed by atoms with Crippen molar-refractivity contribution >= 4 is 23.2 Å². The zero-order valence-corrected chi connectivity index (χ0v) is 13.1. The molecule has 0 radical (unpaired) electrons. The number of aromatic amines is 1. The molecule has 2 N–H and O–H groups in total. The lowest BCUT2D eigenvalue weighted by atomic mass is 10.2. The molecule has 0 unspecified atom stereocenters. The van der Waals surface area contributed by atoms with Gasteiger partial charge in [-0.2, -0.15) is 5.10 Å². The Morgan fingerprint density at radius 2 is 2.13 bits per heavy atom. The zero-order valence-electron chi connectivity index (χ0n) is 13.1. The first-order valence-corrected chi connectivity index (χ1v) is 7.82. The normalized spacial score (nSPS) is 11.2. The lowest BCUT2D eigenvalue weighted by Gasteiger charge is -2.05. The molecule has 3 rings (SSSR count). The van der Waals surface area contributed by atoms with Crippen LogP contribution >= 0.6 is 0 Å². The fourth-order valence-electron chi connectivity index (χ4n) is 2.19. The molecule has 3 aromatic rings. The number of rotatable bonds is 7. The number of hydrogen-bond acceptors (Lipinski definition) is 4. The van der Waals surface area contributed by atoms with Crippen molar-refractivity contribution in [2.75, 3.05) is 12.0 Å². The monoisotopic (exact) mass is 308 g/mol. The minimum atomic E-state index is 0.623. The van der Waals surface area contributed by atoms with Crippen LogP contribution in [0.2, 0.25) is 0 Å². The van der Waals surface area contributed by atoms with Crippen molar-refractivity contribution in [1.29, 1.82) is 0 Å². The number of hydrazone groups is 1. The first-order valence-electron chi connectivity index (χ1n) is 7.82. The van der Waals surface area contributed by atoms with E-state index in [-0.39, 0.29) is 0 Å². The number of hydrogen-bond donors (Lipinski definition) is 2. The summed E-state index contributed by atoms with van der Waals surface area (Å²) in [6.07, 6.45) is 3.94. The van der Waals surface area contributed by atoms with E-state index in [2.05, 4.69) is 27.4 Å². The number of nitrogens with zero attached hydrogens (tertiary/aromatic N) is 2. The standard InChI is InChI=1S/C18H20N4O/c1-2-3-11-23-15-8-6-7-14(12-15)13-19-22-18-20-16-9-4-5-10-17(16)21-18/h4-10,12-13H,2-3,11H2,1H3,(H2,20,21,22)/b19-13-. The van der Waals surface area contributed by atoms with E-state index in [1.165, 1.54) is 0 Å². The van der Waals surface area contributed by atoms with Crippen LogP contribution in [0.3, 0.4) is 0 Å². The molecule has 0 spiro atoms. The van der Waals surface area contributed by atoms with Crippen LogP contribution < -0.4 is 10.2 Å². The molecular formula is C18H20N4O. The maximum Gasteiger partial charge on any atom is 0.222 e. The zero-order chi connectivity index (χ0) is 15.9. The SMILES string of the molecule is CCCCOc1cccc(/C=N\Nc2nc3ccccc3[nH]2)c1. The van der Waals surface area contributed by atoms with Gasteiger partial charge in [-0.3, -0.25) is 0 Å². The molecule has 0 amide bonds. The number of H-pyrrole nitrogens is 1.